The number of halogens is 2. The lowest BCUT2D eigenvalue weighted by molar-refractivity contribution is 0.1000. The molecule has 82 valence electrons. The Hall–Kier alpha value is -0.870. The molecular formula is C12H9Br2NO. The summed E-state index contributed by atoms with van der Waals surface area (Å²) >= 11 is 6.88. The number of aryl methyl sites for hydroxylation is 1. The molecule has 0 radical (unpaired) electrons. The number of hydrogen-bond acceptors (Lipinski definition) is 1. The van der Waals surface area contributed by atoms with Crippen LogP contribution >= 0.6 is 31.9 Å². The summed E-state index contributed by atoms with van der Waals surface area (Å²) in [6.45, 7) is 1.88. The van der Waals surface area contributed by atoms with Crippen LogP contribution in [0.2, 0.25) is 0 Å². The first kappa shape index (κ1) is 11.6. The zero-order valence-corrected chi connectivity index (χ0v) is 11.7. The molecule has 0 aromatic heterocycles. The molecule has 0 atom stereocenters. The summed E-state index contributed by atoms with van der Waals surface area (Å²) in [5.74, 6) is -0.390. The minimum atomic E-state index is -0.390. The maximum absolute atomic E-state index is 11.2. The lowest BCUT2D eigenvalue weighted by Crippen LogP contribution is -2.12. The Labute approximate surface area is 110 Å². The fraction of sp³-hybridized carbons (Fsp3) is 0.0833. The van der Waals surface area contributed by atoms with Crippen molar-refractivity contribution in [3.05, 3.63) is 44.3 Å². The van der Waals surface area contributed by atoms with E-state index in [2.05, 4.69) is 31.9 Å². The predicted octanol–water partition coefficient (Wildman–Crippen LogP) is 3.77. The second-order valence-electron chi connectivity index (χ2n) is 3.64. The first-order valence-electron chi connectivity index (χ1n) is 4.68. The Morgan fingerprint density at radius 2 is 1.56 bits per heavy atom. The van der Waals surface area contributed by atoms with Crippen LogP contribution in [0.25, 0.3) is 10.8 Å². The molecule has 2 aromatic rings. The number of fused-ring (bicyclic) bond motifs is 1. The van der Waals surface area contributed by atoms with E-state index in [0.29, 0.717) is 5.56 Å². The molecule has 0 saturated carbocycles. The maximum atomic E-state index is 11.2. The lowest BCUT2D eigenvalue weighted by atomic mass is 10.0. The number of primary amides is 1. The topological polar surface area (TPSA) is 43.1 Å². The third kappa shape index (κ3) is 1.99. The fourth-order valence-electron chi connectivity index (χ4n) is 1.67. The van der Waals surface area contributed by atoms with E-state index in [4.69, 9.17) is 5.73 Å². The summed E-state index contributed by atoms with van der Waals surface area (Å²) < 4.78 is 1.95. The van der Waals surface area contributed by atoms with Gasteiger partial charge in [-0.2, -0.15) is 0 Å². The number of carbonyl (C=O) groups is 1. The Kier molecular flexibility index (Phi) is 3.04. The largest absolute Gasteiger partial charge is 0.366 e. The number of amides is 1. The van der Waals surface area contributed by atoms with Crippen LogP contribution in [0.3, 0.4) is 0 Å². The molecule has 0 bridgehead atoms. The Balaban J connectivity index is 2.79. The molecule has 2 nitrogen and oxygen atoms in total. The van der Waals surface area contributed by atoms with Crippen molar-refractivity contribution in [2.24, 2.45) is 5.73 Å². The van der Waals surface area contributed by atoms with E-state index in [-0.39, 0.29) is 0 Å². The molecule has 2 N–H and O–H groups in total. The van der Waals surface area contributed by atoms with Crippen LogP contribution < -0.4 is 5.73 Å². The second kappa shape index (κ2) is 4.18. The van der Waals surface area contributed by atoms with E-state index in [1.165, 1.54) is 0 Å². The number of nitrogens with two attached hydrogens (primary N) is 1. The summed E-state index contributed by atoms with van der Waals surface area (Å²) in [6.07, 6.45) is 0. The minimum absolute atomic E-state index is 0.390. The fourth-order valence-corrected chi connectivity index (χ4v) is 2.40. The zero-order chi connectivity index (χ0) is 11.9. The second-order valence-corrected chi connectivity index (χ2v) is 5.35. The van der Waals surface area contributed by atoms with Crippen LogP contribution in [0.15, 0.2) is 33.2 Å². The van der Waals surface area contributed by atoms with Crippen LogP contribution in [0.5, 0.6) is 0 Å². The van der Waals surface area contributed by atoms with E-state index < -0.39 is 5.91 Å². The molecule has 0 aliphatic heterocycles. The summed E-state index contributed by atoms with van der Waals surface area (Å²) in [7, 11) is 0. The van der Waals surface area contributed by atoms with Gasteiger partial charge in [-0.25, -0.2) is 0 Å². The van der Waals surface area contributed by atoms with Gasteiger partial charge in [0.25, 0.3) is 0 Å². The van der Waals surface area contributed by atoms with Crippen molar-refractivity contribution < 1.29 is 4.79 Å². The molecule has 0 unspecified atom stereocenters. The molecular weight excluding hydrogens is 334 g/mol. The monoisotopic (exact) mass is 341 g/mol. The summed E-state index contributed by atoms with van der Waals surface area (Å²) in [6, 6.07) is 7.76. The minimum Gasteiger partial charge on any atom is -0.366 e. The van der Waals surface area contributed by atoms with Crippen LogP contribution in [-0.4, -0.2) is 5.91 Å². The van der Waals surface area contributed by atoms with Gasteiger partial charge in [0.05, 0.1) is 0 Å². The van der Waals surface area contributed by atoms with Gasteiger partial charge in [0, 0.05) is 14.5 Å². The van der Waals surface area contributed by atoms with Crippen molar-refractivity contribution in [3.63, 3.8) is 0 Å². The van der Waals surface area contributed by atoms with Crippen LogP contribution in [0.1, 0.15) is 15.9 Å². The van der Waals surface area contributed by atoms with E-state index in [0.717, 1.165) is 25.3 Å². The van der Waals surface area contributed by atoms with Gasteiger partial charge in [0.2, 0.25) is 5.91 Å². The number of hydrogen-bond donors (Lipinski definition) is 1. The van der Waals surface area contributed by atoms with Gasteiger partial charge < -0.3 is 5.73 Å². The van der Waals surface area contributed by atoms with Crippen LogP contribution in [0, 0.1) is 6.92 Å². The molecule has 4 heteroatoms. The number of carbonyl (C=O) groups excluding carboxylic acids is 1. The van der Waals surface area contributed by atoms with Gasteiger partial charge in [-0.3, -0.25) is 4.79 Å². The highest BCUT2D eigenvalue weighted by molar-refractivity contribution is 9.13. The van der Waals surface area contributed by atoms with Gasteiger partial charge in [0.15, 0.2) is 0 Å². The summed E-state index contributed by atoms with van der Waals surface area (Å²) in [5.41, 5.74) is 6.78. The Morgan fingerprint density at radius 1 is 1.06 bits per heavy atom. The number of benzene rings is 2. The smallest absolute Gasteiger partial charge is 0.248 e. The summed E-state index contributed by atoms with van der Waals surface area (Å²) in [4.78, 5) is 11.2. The van der Waals surface area contributed by atoms with Crippen LogP contribution in [-0.2, 0) is 0 Å². The average molecular weight is 343 g/mol. The Morgan fingerprint density at radius 3 is 2.06 bits per heavy atom. The third-order valence-corrected chi connectivity index (χ3v) is 4.33. The molecule has 0 aliphatic rings. The quantitative estimate of drug-likeness (QED) is 0.842. The Bertz CT molecular complexity index is 593. The van der Waals surface area contributed by atoms with Crippen molar-refractivity contribution in [1.29, 1.82) is 0 Å². The molecule has 0 aliphatic carbocycles. The molecule has 0 fully saturated rings. The highest BCUT2D eigenvalue weighted by Gasteiger charge is 2.08. The normalized spacial score (nSPS) is 10.7. The van der Waals surface area contributed by atoms with Crippen molar-refractivity contribution in [2.75, 3.05) is 0 Å². The molecule has 0 spiro atoms. The van der Waals surface area contributed by atoms with E-state index in [1.54, 1.807) is 0 Å². The standard InChI is InChI=1S/C12H9Br2NO/c1-6-2-7-4-10(13)11(14)5-8(7)3-9(6)12(15)16/h2-5H,1H3,(H2,15,16). The highest BCUT2D eigenvalue weighted by atomic mass is 79.9. The lowest BCUT2D eigenvalue weighted by Gasteiger charge is -2.06. The predicted molar refractivity (Wildman–Crippen MR) is 72.6 cm³/mol. The molecule has 16 heavy (non-hydrogen) atoms. The first-order chi connectivity index (χ1) is 7.49. The number of rotatable bonds is 1. The van der Waals surface area contributed by atoms with E-state index >= 15 is 0 Å². The third-order valence-electron chi connectivity index (χ3n) is 2.49. The van der Waals surface area contributed by atoms with Crippen molar-refractivity contribution in [2.45, 2.75) is 6.92 Å². The first-order valence-corrected chi connectivity index (χ1v) is 6.27. The molecule has 0 saturated heterocycles. The van der Waals surface area contributed by atoms with E-state index in [1.807, 2.05) is 31.2 Å². The molecule has 0 heterocycles. The maximum Gasteiger partial charge on any atom is 0.248 e. The van der Waals surface area contributed by atoms with Gasteiger partial charge in [-0.15, -0.1) is 0 Å². The zero-order valence-electron chi connectivity index (χ0n) is 8.55. The molecule has 2 aromatic carbocycles. The summed E-state index contributed by atoms with van der Waals surface area (Å²) in [5, 5.41) is 2.08. The van der Waals surface area contributed by atoms with Crippen LogP contribution in [0.4, 0.5) is 0 Å². The van der Waals surface area contributed by atoms with Gasteiger partial charge in [0.1, 0.15) is 0 Å². The van der Waals surface area contributed by atoms with E-state index in [9.17, 15) is 4.79 Å². The van der Waals surface area contributed by atoms with Gasteiger partial charge >= 0.3 is 0 Å². The van der Waals surface area contributed by atoms with Gasteiger partial charge in [-0.1, -0.05) is 6.07 Å². The molecule has 1 amide bonds. The highest BCUT2D eigenvalue weighted by Crippen LogP contribution is 2.30. The van der Waals surface area contributed by atoms with Crippen molar-refractivity contribution in [3.8, 4) is 0 Å². The van der Waals surface area contributed by atoms with Crippen molar-refractivity contribution in [1.82, 2.24) is 0 Å². The molecule has 2 rings (SSSR count). The SMILES string of the molecule is Cc1cc2cc(Br)c(Br)cc2cc1C(N)=O. The van der Waals surface area contributed by atoms with Gasteiger partial charge in [-0.05, 0) is 73.3 Å². The van der Waals surface area contributed by atoms with Crippen molar-refractivity contribution >= 4 is 48.5 Å². The average Bonchev–Trinajstić information content (AvgIpc) is 2.19.